The van der Waals surface area contributed by atoms with Crippen molar-refractivity contribution in [3.8, 4) is 11.8 Å². The van der Waals surface area contributed by atoms with Gasteiger partial charge in [-0.3, -0.25) is 0 Å². The van der Waals surface area contributed by atoms with E-state index in [2.05, 4.69) is 48.1 Å². The Morgan fingerprint density at radius 3 is 2.52 bits per heavy atom. The molecule has 0 radical (unpaired) electrons. The monoisotopic (exact) mass is 439 g/mol. The Bertz CT molecular complexity index is 788. The summed E-state index contributed by atoms with van der Waals surface area (Å²) in [6.45, 7) is 0.794. The summed E-state index contributed by atoms with van der Waals surface area (Å²) < 4.78 is 16.6. The minimum atomic E-state index is -1.74. The average molecular weight is 439 g/mol. The molecular weight excluding hydrogens is 417 g/mol. The van der Waals surface area contributed by atoms with Crippen molar-refractivity contribution in [1.82, 2.24) is 9.97 Å². The molecule has 0 amide bonds. The van der Waals surface area contributed by atoms with E-state index >= 15 is 0 Å². The molecule has 0 aliphatic carbocycles. The van der Waals surface area contributed by atoms with Crippen molar-refractivity contribution >= 4 is 30.6 Å². The summed E-state index contributed by atoms with van der Waals surface area (Å²) in [5.74, 6) is 1.68. The minimum absolute atomic E-state index is 0.413. The Labute approximate surface area is 156 Å². The van der Waals surface area contributed by atoms with Gasteiger partial charge in [-0.2, -0.15) is 0 Å². The van der Waals surface area contributed by atoms with Crippen LogP contribution < -0.4 is 14.8 Å². The van der Waals surface area contributed by atoms with Crippen molar-refractivity contribution in [1.29, 1.82) is 0 Å². The third-order valence-corrected chi connectivity index (χ3v) is 10.7. The first kappa shape index (κ1) is 17.9. The Morgan fingerprint density at radius 1 is 1.08 bits per heavy atom. The predicted octanol–water partition coefficient (Wildman–Crippen LogP) is 3.30. The van der Waals surface area contributed by atoms with Crippen LogP contribution in [0.5, 0.6) is 11.8 Å². The molecule has 25 heavy (non-hydrogen) atoms. The molecule has 0 spiro atoms. The second-order valence-electron chi connectivity index (χ2n) is 5.95. The SMILES string of the molecule is COc1ccc(CCNc2cc([C]3=CC=[CH][In]3[CH3])nc(OC)n2)cc1. The van der Waals surface area contributed by atoms with Crippen LogP contribution in [0.2, 0.25) is 4.68 Å². The van der Waals surface area contributed by atoms with Crippen LogP contribution in [0.3, 0.4) is 0 Å². The molecule has 3 rings (SSSR count). The average Bonchev–Trinajstić information content (AvgIpc) is 3.08. The van der Waals surface area contributed by atoms with Gasteiger partial charge in [0.1, 0.15) is 0 Å². The third kappa shape index (κ3) is 4.57. The first-order chi connectivity index (χ1) is 12.2. The zero-order chi connectivity index (χ0) is 17.6. The van der Waals surface area contributed by atoms with Gasteiger partial charge < -0.3 is 0 Å². The van der Waals surface area contributed by atoms with Gasteiger partial charge in [0.2, 0.25) is 0 Å². The fourth-order valence-electron chi connectivity index (χ4n) is 2.78. The number of hydrogen-bond acceptors (Lipinski definition) is 5. The van der Waals surface area contributed by atoms with Crippen LogP contribution in [0.25, 0.3) is 3.33 Å². The molecule has 5 nitrogen and oxygen atoms in total. The molecule has 0 fully saturated rings. The second kappa shape index (κ2) is 8.43. The number of allylic oxidation sites excluding steroid dienone is 2. The summed E-state index contributed by atoms with van der Waals surface area (Å²) >= 11 is -1.74. The first-order valence-corrected chi connectivity index (χ1v) is 15.2. The van der Waals surface area contributed by atoms with Gasteiger partial charge in [-0.1, -0.05) is 0 Å². The van der Waals surface area contributed by atoms with Crippen molar-refractivity contribution in [2.45, 2.75) is 11.1 Å². The van der Waals surface area contributed by atoms with E-state index in [4.69, 9.17) is 9.47 Å². The van der Waals surface area contributed by atoms with E-state index in [1.807, 2.05) is 18.2 Å². The molecule has 0 atom stereocenters. The maximum atomic E-state index is 5.28. The van der Waals surface area contributed by atoms with Crippen LogP contribution in [-0.4, -0.2) is 52.2 Å². The molecule has 1 aromatic heterocycles. The number of aromatic nitrogens is 2. The molecule has 0 saturated heterocycles. The van der Waals surface area contributed by atoms with Crippen molar-refractivity contribution in [2.24, 2.45) is 0 Å². The van der Waals surface area contributed by atoms with Crippen molar-refractivity contribution in [2.75, 3.05) is 26.1 Å². The summed E-state index contributed by atoms with van der Waals surface area (Å²) in [6, 6.07) is 10.6. The van der Waals surface area contributed by atoms with E-state index in [1.165, 1.54) is 8.89 Å². The zero-order valence-electron chi connectivity index (χ0n) is 14.8. The van der Waals surface area contributed by atoms with Crippen LogP contribution in [-0.2, 0) is 6.42 Å². The van der Waals surface area contributed by atoms with E-state index in [0.29, 0.717) is 6.01 Å². The van der Waals surface area contributed by atoms with Crippen molar-refractivity contribution in [3.05, 3.63) is 57.6 Å². The summed E-state index contributed by atoms with van der Waals surface area (Å²) in [6.07, 6.45) is 5.25. The van der Waals surface area contributed by atoms with E-state index in [-0.39, 0.29) is 0 Å². The first-order valence-electron chi connectivity index (χ1n) is 8.38. The zero-order valence-corrected chi connectivity index (χ0v) is 18.1. The van der Waals surface area contributed by atoms with E-state index in [9.17, 15) is 0 Å². The number of rotatable bonds is 7. The molecule has 1 N–H and O–H groups in total. The molecule has 6 heteroatoms. The molecule has 0 unspecified atom stereocenters. The Morgan fingerprint density at radius 2 is 1.88 bits per heavy atom. The van der Waals surface area contributed by atoms with Gasteiger partial charge in [0, 0.05) is 0 Å². The number of hydrogen-bond donors (Lipinski definition) is 1. The summed E-state index contributed by atoms with van der Waals surface area (Å²) in [4.78, 5) is 8.94. The van der Waals surface area contributed by atoms with Crippen LogP contribution >= 0.6 is 0 Å². The Kier molecular flexibility index (Phi) is 6.02. The molecule has 1 aliphatic rings. The fourth-order valence-corrected chi connectivity index (χ4v) is 7.58. The summed E-state index contributed by atoms with van der Waals surface area (Å²) in [5.41, 5.74) is 2.24. The number of anilines is 1. The molecule has 2 aromatic rings. The number of methoxy groups -OCH3 is 2. The van der Waals surface area contributed by atoms with Gasteiger partial charge in [0.25, 0.3) is 0 Å². The number of nitrogens with zero attached hydrogens (tertiary/aromatic N) is 2. The number of nitrogens with one attached hydrogen (secondary N) is 1. The van der Waals surface area contributed by atoms with E-state index in [1.54, 1.807) is 14.2 Å². The Balaban J connectivity index is 1.67. The van der Waals surface area contributed by atoms with Gasteiger partial charge in [0.15, 0.2) is 0 Å². The Hall–Kier alpha value is -1.95. The van der Waals surface area contributed by atoms with Gasteiger partial charge >= 0.3 is 149 Å². The number of ether oxygens (including phenoxy) is 2. The van der Waals surface area contributed by atoms with Crippen molar-refractivity contribution < 1.29 is 9.47 Å². The maximum absolute atomic E-state index is 5.28. The normalized spacial score (nSPS) is 12.9. The molecule has 1 aliphatic heterocycles. The molecule has 0 bridgehead atoms. The summed E-state index contributed by atoms with van der Waals surface area (Å²) in [5, 5.41) is 3.39. The van der Waals surface area contributed by atoms with Gasteiger partial charge in [-0.15, -0.1) is 0 Å². The topological polar surface area (TPSA) is 56.3 Å². The molecule has 128 valence electrons. The molecule has 2 heterocycles. The van der Waals surface area contributed by atoms with Crippen LogP contribution in [0.4, 0.5) is 5.82 Å². The predicted molar refractivity (Wildman–Crippen MR) is 103 cm³/mol. The standard InChI is InChI=1S/C18H19N3O2.CH3.In/c1-4-5-6-15-13-17(21-18(20-15)23-3)19-12-11-14-7-9-16(22-2)10-8-14;;/h1,4-5,7-10,13H,11-12H2,2-3H3,(H,19,20,21);1H3;. The third-order valence-electron chi connectivity index (χ3n) is 4.23. The quantitative estimate of drug-likeness (QED) is 0.718. The van der Waals surface area contributed by atoms with Crippen LogP contribution in [0.15, 0.2) is 46.3 Å². The van der Waals surface area contributed by atoms with E-state index < -0.39 is 21.4 Å². The number of benzene rings is 1. The summed E-state index contributed by atoms with van der Waals surface area (Å²) in [7, 11) is 3.28. The molecule has 0 saturated carbocycles. The fraction of sp³-hybridized carbons (Fsp3) is 0.263. The van der Waals surface area contributed by atoms with Crippen LogP contribution in [0.1, 0.15) is 11.3 Å². The van der Waals surface area contributed by atoms with Crippen LogP contribution in [0, 0.1) is 0 Å². The van der Waals surface area contributed by atoms with Crippen molar-refractivity contribution in [3.63, 3.8) is 0 Å². The molecular formula is C19H22InN3O2. The second-order valence-corrected chi connectivity index (χ2v) is 13.3. The van der Waals surface area contributed by atoms with Gasteiger partial charge in [-0.25, -0.2) is 0 Å². The van der Waals surface area contributed by atoms with Gasteiger partial charge in [-0.05, 0) is 0 Å². The van der Waals surface area contributed by atoms with E-state index in [0.717, 1.165) is 30.2 Å². The van der Waals surface area contributed by atoms with Gasteiger partial charge in [0.05, 0.1) is 7.11 Å². The molecule has 1 aromatic carbocycles.